The predicted octanol–water partition coefficient (Wildman–Crippen LogP) is 3.54. The number of nitro groups is 1. The molecule has 2 aromatic carbocycles. The molecule has 24 heavy (non-hydrogen) atoms. The summed E-state index contributed by atoms with van der Waals surface area (Å²) in [7, 11) is 0. The lowest BCUT2D eigenvalue weighted by Crippen LogP contribution is -2.34. The van der Waals surface area contributed by atoms with E-state index >= 15 is 0 Å². The van der Waals surface area contributed by atoms with Crippen molar-refractivity contribution in [2.45, 2.75) is 12.3 Å². The highest BCUT2D eigenvalue weighted by atomic mass is 32.2. The number of non-ortho nitro benzene ring substituents is 1. The van der Waals surface area contributed by atoms with Gasteiger partial charge in [-0.25, -0.2) is 4.90 Å². The zero-order valence-electron chi connectivity index (χ0n) is 12.6. The Bertz CT molecular complexity index is 822. The summed E-state index contributed by atoms with van der Waals surface area (Å²) in [6, 6.07) is 12.9. The predicted molar refractivity (Wildman–Crippen MR) is 92.2 cm³/mol. The zero-order valence-corrected chi connectivity index (χ0v) is 13.4. The molecule has 1 heterocycles. The monoisotopic (exact) mass is 343 g/mol. The average molecular weight is 343 g/mol. The van der Waals surface area contributed by atoms with Gasteiger partial charge in [-0.05, 0) is 42.4 Å². The minimum atomic E-state index is -0.765. The van der Waals surface area contributed by atoms with Gasteiger partial charge in [-0.15, -0.1) is 0 Å². The molecule has 7 nitrogen and oxygen atoms in total. The topological polar surface area (TPSA) is 92.6 Å². The summed E-state index contributed by atoms with van der Waals surface area (Å²) >= 11 is 0.883. The number of imide groups is 1. The molecule has 3 rings (SSSR count). The van der Waals surface area contributed by atoms with Crippen molar-refractivity contribution in [1.29, 1.82) is 0 Å². The second-order valence-electron chi connectivity index (χ2n) is 5.17. The highest BCUT2D eigenvalue weighted by Gasteiger charge is 2.41. The molecule has 8 heteroatoms. The second kappa shape index (κ2) is 6.32. The molecule has 0 bridgehead atoms. The van der Waals surface area contributed by atoms with Crippen LogP contribution in [0.3, 0.4) is 0 Å². The maximum atomic E-state index is 12.6. The summed E-state index contributed by atoms with van der Waals surface area (Å²) in [6.07, 6.45) is 0. The Hall–Kier alpha value is -2.87. The summed E-state index contributed by atoms with van der Waals surface area (Å²) in [5.41, 5.74) is 1.89. The van der Waals surface area contributed by atoms with Crippen LogP contribution in [0.4, 0.5) is 21.9 Å². The molecule has 1 atom stereocenters. The summed E-state index contributed by atoms with van der Waals surface area (Å²) in [5, 5.41) is 12.5. The van der Waals surface area contributed by atoms with E-state index in [9.17, 15) is 19.7 Å². The van der Waals surface area contributed by atoms with E-state index < -0.39 is 10.3 Å². The number of hydrogen-bond acceptors (Lipinski definition) is 6. The average Bonchev–Trinajstić information content (AvgIpc) is 2.83. The molecule has 0 aromatic heterocycles. The number of carbonyl (C=O) groups excluding carboxylic acids is 2. The molecule has 0 saturated carbocycles. The highest BCUT2D eigenvalue weighted by Crippen LogP contribution is 2.34. The Morgan fingerprint density at radius 2 is 1.79 bits per heavy atom. The van der Waals surface area contributed by atoms with Crippen LogP contribution in [0, 0.1) is 17.0 Å². The number of benzene rings is 2. The van der Waals surface area contributed by atoms with Crippen LogP contribution in [0.25, 0.3) is 0 Å². The fraction of sp³-hybridized carbons (Fsp3) is 0.125. The first-order valence-electron chi connectivity index (χ1n) is 7.08. The Morgan fingerprint density at radius 3 is 2.42 bits per heavy atom. The zero-order chi connectivity index (χ0) is 17.3. The van der Waals surface area contributed by atoms with Crippen molar-refractivity contribution in [3.05, 3.63) is 64.2 Å². The van der Waals surface area contributed by atoms with E-state index in [-0.39, 0.29) is 16.8 Å². The molecular weight excluding hydrogens is 330 g/mol. The Labute approximate surface area is 141 Å². The first-order valence-corrected chi connectivity index (χ1v) is 7.96. The molecule has 1 aliphatic heterocycles. The van der Waals surface area contributed by atoms with Crippen molar-refractivity contribution in [2.75, 3.05) is 10.2 Å². The van der Waals surface area contributed by atoms with Crippen LogP contribution in [0.2, 0.25) is 0 Å². The van der Waals surface area contributed by atoms with Gasteiger partial charge in [0.25, 0.3) is 16.8 Å². The van der Waals surface area contributed by atoms with Crippen LogP contribution in [0.15, 0.2) is 48.5 Å². The molecule has 122 valence electrons. The van der Waals surface area contributed by atoms with Gasteiger partial charge in [0.15, 0.2) is 5.37 Å². The van der Waals surface area contributed by atoms with Gasteiger partial charge in [0, 0.05) is 17.8 Å². The van der Waals surface area contributed by atoms with E-state index in [1.54, 1.807) is 12.1 Å². The molecule has 2 aromatic rings. The number of nitrogens with one attached hydrogen (secondary N) is 1. The number of carbonyl (C=O) groups is 2. The van der Waals surface area contributed by atoms with Gasteiger partial charge in [-0.1, -0.05) is 18.2 Å². The summed E-state index contributed by atoms with van der Waals surface area (Å²) in [5.74, 6) is -0.363. The third-order valence-corrected chi connectivity index (χ3v) is 4.52. The molecule has 1 saturated heterocycles. The lowest BCUT2D eigenvalue weighted by molar-refractivity contribution is -0.384. The van der Waals surface area contributed by atoms with Crippen molar-refractivity contribution in [2.24, 2.45) is 0 Å². The van der Waals surface area contributed by atoms with Crippen LogP contribution < -0.4 is 10.2 Å². The molecule has 2 amide bonds. The molecule has 1 aliphatic rings. The number of nitro benzene ring substituents is 1. The van der Waals surface area contributed by atoms with Crippen LogP contribution >= 0.6 is 11.8 Å². The van der Waals surface area contributed by atoms with Gasteiger partial charge >= 0.3 is 0 Å². The van der Waals surface area contributed by atoms with Gasteiger partial charge < -0.3 is 5.32 Å². The summed E-state index contributed by atoms with van der Waals surface area (Å²) in [4.78, 5) is 36.1. The normalized spacial score (nSPS) is 17.2. The molecule has 0 spiro atoms. The third kappa shape index (κ3) is 2.95. The number of amides is 2. The molecular formula is C16H13N3O4S. The lowest BCUT2D eigenvalue weighted by atomic mass is 10.2. The van der Waals surface area contributed by atoms with Gasteiger partial charge in [0.2, 0.25) is 0 Å². The molecule has 1 unspecified atom stereocenters. The first-order chi connectivity index (χ1) is 11.5. The number of para-hydroxylation sites is 1. The van der Waals surface area contributed by atoms with Crippen LogP contribution in [0.5, 0.6) is 0 Å². The van der Waals surface area contributed by atoms with Gasteiger partial charge in [0.1, 0.15) is 0 Å². The number of nitrogens with zero attached hydrogens (tertiary/aromatic N) is 2. The van der Waals surface area contributed by atoms with E-state index in [4.69, 9.17) is 0 Å². The summed E-state index contributed by atoms with van der Waals surface area (Å²) in [6.45, 7) is 1.83. The number of rotatable bonds is 4. The van der Waals surface area contributed by atoms with Crippen molar-refractivity contribution in [3.63, 3.8) is 0 Å². The van der Waals surface area contributed by atoms with E-state index in [0.717, 1.165) is 22.2 Å². The largest absolute Gasteiger partial charge is 0.365 e. The van der Waals surface area contributed by atoms with Crippen LogP contribution in [0.1, 0.15) is 5.56 Å². The minimum Gasteiger partial charge on any atom is -0.365 e. The van der Waals surface area contributed by atoms with E-state index in [1.807, 2.05) is 19.1 Å². The van der Waals surface area contributed by atoms with Gasteiger partial charge in [0.05, 0.1) is 10.6 Å². The number of thioether (sulfide) groups is 1. The molecule has 1 N–H and O–H groups in total. The van der Waals surface area contributed by atoms with Crippen molar-refractivity contribution < 1.29 is 14.5 Å². The molecule has 0 aliphatic carbocycles. The Kier molecular flexibility index (Phi) is 4.22. The first kappa shape index (κ1) is 16.0. The second-order valence-corrected chi connectivity index (χ2v) is 6.23. The minimum absolute atomic E-state index is 0.0384. The SMILES string of the molecule is Cc1ccccc1N1C(=O)SC(Nc2ccc([N+](=O)[O-])cc2)C1=O. The Morgan fingerprint density at radius 1 is 1.12 bits per heavy atom. The lowest BCUT2D eigenvalue weighted by Gasteiger charge is -2.16. The smallest absolute Gasteiger partial charge is 0.295 e. The highest BCUT2D eigenvalue weighted by molar-refractivity contribution is 8.16. The maximum Gasteiger partial charge on any atom is 0.295 e. The van der Waals surface area contributed by atoms with Gasteiger partial charge in [-0.3, -0.25) is 19.7 Å². The van der Waals surface area contributed by atoms with Crippen LogP contribution in [-0.4, -0.2) is 21.4 Å². The third-order valence-electron chi connectivity index (χ3n) is 3.58. The fourth-order valence-corrected chi connectivity index (χ4v) is 3.26. The molecule has 1 fully saturated rings. The van der Waals surface area contributed by atoms with E-state index in [0.29, 0.717) is 11.4 Å². The Balaban J connectivity index is 1.79. The number of hydrogen-bond donors (Lipinski definition) is 1. The van der Waals surface area contributed by atoms with Crippen molar-refractivity contribution in [3.8, 4) is 0 Å². The molecule has 0 radical (unpaired) electrons. The van der Waals surface area contributed by atoms with Crippen LogP contribution in [-0.2, 0) is 4.79 Å². The maximum absolute atomic E-state index is 12.6. The fourth-order valence-electron chi connectivity index (χ4n) is 2.36. The standard InChI is InChI=1S/C16H13N3O4S/c1-10-4-2-3-5-13(10)18-15(20)14(24-16(18)21)17-11-6-8-12(9-7-11)19(22)23/h2-9,14,17H,1H3. The van der Waals surface area contributed by atoms with Gasteiger partial charge in [-0.2, -0.15) is 0 Å². The van der Waals surface area contributed by atoms with E-state index in [2.05, 4.69) is 5.32 Å². The number of anilines is 2. The van der Waals surface area contributed by atoms with Crippen molar-refractivity contribution >= 4 is 40.0 Å². The quantitative estimate of drug-likeness (QED) is 0.674. The van der Waals surface area contributed by atoms with Crippen molar-refractivity contribution in [1.82, 2.24) is 0 Å². The summed E-state index contributed by atoms with van der Waals surface area (Å²) < 4.78 is 0. The van der Waals surface area contributed by atoms with E-state index in [1.165, 1.54) is 24.3 Å². The number of aryl methyl sites for hydroxylation is 1.